The van der Waals surface area contributed by atoms with Crippen molar-refractivity contribution in [3.05, 3.63) is 77.5 Å². The third-order valence-electron chi connectivity index (χ3n) is 3.30. The fourth-order valence-corrected chi connectivity index (χ4v) is 2.36. The molecule has 5 nitrogen and oxygen atoms in total. The molecule has 0 atom stereocenters. The Morgan fingerprint density at radius 2 is 1.96 bits per heavy atom. The number of hydrogen-bond acceptors (Lipinski definition) is 4. The van der Waals surface area contributed by atoms with Crippen molar-refractivity contribution < 1.29 is 13.9 Å². The maximum absolute atomic E-state index is 13.7. The van der Waals surface area contributed by atoms with Crippen molar-refractivity contribution in [3.8, 4) is 11.6 Å². The molecule has 0 spiro atoms. The van der Waals surface area contributed by atoms with Gasteiger partial charge in [0.25, 0.3) is 0 Å². The van der Waals surface area contributed by atoms with E-state index >= 15 is 0 Å². The van der Waals surface area contributed by atoms with Crippen LogP contribution in [0.15, 0.2) is 61.1 Å². The van der Waals surface area contributed by atoms with Crippen LogP contribution in [0.25, 0.3) is 0 Å². The minimum atomic E-state index is -0.504. The highest BCUT2D eigenvalue weighted by atomic mass is 35.5. The Morgan fingerprint density at radius 3 is 2.64 bits per heavy atom. The lowest BCUT2D eigenvalue weighted by Crippen LogP contribution is -2.15. The van der Waals surface area contributed by atoms with Crippen LogP contribution in [0.5, 0.6) is 11.6 Å². The summed E-state index contributed by atoms with van der Waals surface area (Å²) < 4.78 is 19.2. The Hall–Kier alpha value is -2.99. The molecular weight excluding hydrogens is 345 g/mol. The molecule has 0 saturated carbocycles. The first-order valence-electron chi connectivity index (χ1n) is 7.38. The van der Waals surface area contributed by atoms with Gasteiger partial charge in [0.15, 0.2) is 0 Å². The van der Waals surface area contributed by atoms with Gasteiger partial charge in [-0.3, -0.25) is 9.78 Å². The summed E-state index contributed by atoms with van der Waals surface area (Å²) in [6.07, 6.45) is 4.42. The number of halogens is 2. The van der Waals surface area contributed by atoms with E-state index in [2.05, 4.69) is 15.3 Å². The van der Waals surface area contributed by atoms with Crippen LogP contribution in [0.1, 0.15) is 5.56 Å². The third-order valence-corrected chi connectivity index (χ3v) is 3.65. The van der Waals surface area contributed by atoms with Crippen LogP contribution in [-0.2, 0) is 11.2 Å². The molecule has 1 amide bonds. The van der Waals surface area contributed by atoms with Crippen molar-refractivity contribution in [2.45, 2.75) is 6.42 Å². The lowest BCUT2D eigenvalue weighted by atomic mass is 10.1. The summed E-state index contributed by atoms with van der Waals surface area (Å²) in [6, 6.07) is 11.0. The van der Waals surface area contributed by atoms with E-state index < -0.39 is 5.82 Å². The normalized spacial score (nSPS) is 10.3. The Morgan fingerprint density at radius 1 is 1.16 bits per heavy atom. The van der Waals surface area contributed by atoms with Crippen molar-refractivity contribution >= 4 is 23.2 Å². The summed E-state index contributed by atoms with van der Waals surface area (Å²) in [5.41, 5.74) is 0.730. The molecule has 1 aromatic heterocycles. The number of rotatable bonds is 5. The Balaban J connectivity index is 1.62. The summed E-state index contributed by atoms with van der Waals surface area (Å²) in [7, 11) is 0. The van der Waals surface area contributed by atoms with E-state index in [0.29, 0.717) is 17.3 Å². The van der Waals surface area contributed by atoms with Crippen LogP contribution in [0.4, 0.5) is 10.1 Å². The Kier molecular flexibility index (Phi) is 5.20. The summed E-state index contributed by atoms with van der Waals surface area (Å²) in [4.78, 5) is 20.0. The monoisotopic (exact) mass is 357 g/mol. The fourth-order valence-electron chi connectivity index (χ4n) is 2.13. The molecule has 7 heteroatoms. The zero-order valence-electron chi connectivity index (χ0n) is 12.9. The molecule has 1 N–H and O–H groups in total. The van der Waals surface area contributed by atoms with Gasteiger partial charge in [0.1, 0.15) is 11.6 Å². The number of benzene rings is 2. The zero-order chi connectivity index (χ0) is 17.6. The summed E-state index contributed by atoms with van der Waals surface area (Å²) in [6.45, 7) is 0. The number of amides is 1. The predicted octanol–water partition coefficient (Wildman–Crippen LogP) is 4.24. The van der Waals surface area contributed by atoms with Crippen molar-refractivity contribution in [2.24, 2.45) is 0 Å². The van der Waals surface area contributed by atoms with Crippen LogP contribution in [-0.4, -0.2) is 15.9 Å². The van der Waals surface area contributed by atoms with Crippen LogP contribution >= 0.6 is 11.6 Å². The molecule has 3 aromatic rings. The first kappa shape index (κ1) is 16.9. The van der Waals surface area contributed by atoms with E-state index in [0.717, 1.165) is 0 Å². The van der Waals surface area contributed by atoms with Gasteiger partial charge in [-0.05, 0) is 36.4 Å². The topological polar surface area (TPSA) is 64.1 Å². The number of anilines is 1. The highest BCUT2D eigenvalue weighted by Gasteiger charge is 2.12. The molecular formula is C18H13ClFN3O2. The number of aromatic nitrogens is 2. The van der Waals surface area contributed by atoms with Gasteiger partial charge in [-0.25, -0.2) is 9.37 Å². The van der Waals surface area contributed by atoms with Crippen molar-refractivity contribution in [1.82, 2.24) is 9.97 Å². The van der Waals surface area contributed by atoms with Crippen LogP contribution in [0.2, 0.25) is 5.02 Å². The van der Waals surface area contributed by atoms with E-state index in [4.69, 9.17) is 16.3 Å². The summed E-state index contributed by atoms with van der Waals surface area (Å²) >= 11 is 5.93. The molecule has 0 fully saturated rings. The molecule has 25 heavy (non-hydrogen) atoms. The first-order valence-corrected chi connectivity index (χ1v) is 7.76. The van der Waals surface area contributed by atoms with Gasteiger partial charge < -0.3 is 10.1 Å². The molecule has 0 aliphatic rings. The van der Waals surface area contributed by atoms with E-state index in [-0.39, 0.29) is 22.9 Å². The smallest absolute Gasteiger partial charge is 0.237 e. The molecule has 1 heterocycles. The number of nitrogens with one attached hydrogen (secondary N) is 1. The van der Waals surface area contributed by atoms with Gasteiger partial charge in [-0.2, -0.15) is 0 Å². The highest BCUT2D eigenvalue weighted by Crippen LogP contribution is 2.22. The number of ether oxygens (including phenoxy) is 1. The van der Waals surface area contributed by atoms with E-state index in [9.17, 15) is 9.18 Å². The SMILES string of the molecule is O=C(Cc1c(F)cccc1Cl)Nc1ccc(Oc2cnccn2)cc1. The van der Waals surface area contributed by atoms with Crippen LogP contribution < -0.4 is 10.1 Å². The number of nitrogens with zero attached hydrogens (tertiary/aromatic N) is 2. The predicted molar refractivity (Wildman–Crippen MR) is 92.3 cm³/mol. The molecule has 0 aliphatic carbocycles. The minimum absolute atomic E-state index is 0.149. The molecule has 126 valence electrons. The second kappa shape index (κ2) is 7.72. The lowest BCUT2D eigenvalue weighted by molar-refractivity contribution is -0.115. The molecule has 0 radical (unpaired) electrons. The standard InChI is InChI=1S/C18H13ClFN3O2/c19-15-2-1-3-16(20)14(15)10-17(24)23-12-4-6-13(7-5-12)25-18-11-21-8-9-22-18/h1-9,11H,10H2,(H,23,24). The van der Waals surface area contributed by atoms with E-state index in [1.54, 1.807) is 36.5 Å². The lowest BCUT2D eigenvalue weighted by Gasteiger charge is -2.09. The van der Waals surface area contributed by atoms with Crippen LogP contribution in [0.3, 0.4) is 0 Å². The van der Waals surface area contributed by atoms with E-state index in [1.807, 2.05) is 0 Å². The summed E-state index contributed by atoms with van der Waals surface area (Å²) in [5.74, 6) is 0.0501. The number of carbonyl (C=O) groups excluding carboxylic acids is 1. The zero-order valence-corrected chi connectivity index (χ0v) is 13.7. The second-order valence-corrected chi connectivity index (χ2v) is 5.50. The van der Waals surface area contributed by atoms with Gasteiger partial charge in [0.2, 0.25) is 11.8 Å². The quantitative estimate of drug-likeness (QED) is 0.741. The van der Waals surface area contributed by atoms with Gasteiger partial charge in [0, 0.05) is 28.7 Å². The maximum atomic E-state index is 13.7. The van der Waals surface area contributed by atoms with Crippen molar-refractivity contribution in [3.63, 3.8) is 0 Å². The first-order chi connectivity index (χ1) is 12.1. The van der Waals surface area contributed by atoms with Crippen LogP contribution in [0, 0.1) is 5.82 Å². The van der Waals surface area contributed by atoms with Gasteiger partial charge in [0.05, 0.1) is 12.6 Å². The van der Waals surface area contributed by atoms with Crippen molar-refractivity contribution in [2.75, 3.05) is 5.32 Å². The third kappa shape index (κ3) is 4.51. The molecule has 0 unspecified atom stereocenters. The largest absolute Gasteiger partial charge is 0.438 e. The molecule has 0 aliphatic heterocycles. The fraction of sp³-hybridized carbons (Fsp3) is 0.0556. The van der Waals surface area contributed by atoms with E-state index in [1.165, 1.54) is 24.5 Å². The number of hydrogen-bond donors (Lipinski definition) is 1. The van der Waals surface area contributed by atoms with Gasteiger partial charge in [-0.15, -0.1) is 0 Å². The van der Waals surface area contributed by atoms with Crippen molar-refractivity contribution in [1.29, 1.82) is 0 Å². The van der Waals surface area contributed by atoms with Gasteiger partial charge >= 0.3 is 0 Å². The molecule has 0 saturated heterocycles. The highest BCUT2D eigenvalue weighted by molar-refractivity contribution is 6.31. The van der Waals surface area contributed by atoms with Gasteiger partial charge in [-0.1, -0.05) is 17.7 Å². The second-order valence-electron chi connectivity index (χ2n) is 5.10. The molecule has 0 bridgehead atoms. The Labute approximate surface area is 148 Å². The average molecular weight is 358 g/mol. The molecule has 3 rings (SSSR count). The Bertz CT molecular complexity index is 853. The minimum Gasteiger partial charge on any atom is -0.438 e. The average Bonchev–Trinajstić information content (AvgIpc) is 2.61. The molecule has 2 aromatic carbocycles. The number of carbonyl (C=O) groups is 1. The maximum Gasteiger partial charge on any atom is 0.237 e. The summed E-state index contributed by atoms with van der Waals surface area (Å²) in [5, 5.41) is 2.91.